The van der Waals surface area contributed by atoms with Gasteiger partial charge in [-0.25, -0.2) is 0 Å². The fourth-order valence-corrected chi connectivity index (χ4v) is 2.93. The summed E-state index contributed by atoms with van der Waals surface area (Å²) in [6.45, 7) is 1.56. The highest BCUT2D eigenvalue weighted by Gasteiger charge is 2.33. The molecule has 2 aromatic carbocycles. The molecule has 1 N–H and O–H groups in total. The van der Waals surface area contributed by atoms with Crippen molar-refractivity contribution < 1.29 is 14.3 Å². The van der Waals surface area contributed by atoms with Crippen molar-refractivity contribution in [3.05, 3.63) is 65.2 Å². The van der Waals surface area contributed by atoms with Gasteiger partial charge in [0.15, 0.2) is 0 Å². The summed E-state index contributed by atoms with van der Waals surface area (Å²) in [5.74, 6) is -0.585. The maximum Gasteiger partial charge on any atom is 0.323 e. The number of nitrogens with zero attached hydrogens (tertiary/aromatic N) is 1. The number of amides is 1. The zero-order valence-electron chi connectivity index (χ0n) is 13.7. The molecule has 1 aliphatic rings. The Labute approximate surface area is 151 Å². The maximum absolute atomic E-state index is 12.3. The third-order valence-corrected chi connectivity index (χ3v) is 4.32. The number of rotatable bonds is 5. The second kappa shape index (κ2) is 8.14. The van der Waals surface area contributed by atoms with E-state index in [1.54, 1.807) is 24.3 Å². The molecule has 1 unspecified atom stereocenters. The molecule has 25 heavy (non-hydrogen) atoms. The Hall–Kier alpha value is -2.37. The van der Waals surface area contributed by atoms with Crippen molar-refractivity contribution in [3.63, 3.8) is 0 Å². The first-order chi connectivity index (χ1) is 12.1. The Kier molecular flexibility index (Phi) is 5.68. The number of carbonyl (C=O) groups is 2. The Morgan fingerprint density at radius 1 is 1.16 bits per heavy atom. The van der Waals surface area contributed by atoms with E-state index in [-0.39, 0.29) is 18.3 Å². The number of hydrogen-bond acceptors (Lipinski definition) is 4. The topological polar surface area (TPSA) is 58.6 Å². The molecule has 2 aromatic rings. The Balaban J connectivity index is 1.65. The van der Waals surface area contributed by atoms with Crippen molar-refractivity contribution in [1.82, 2.24) is 4.90 Å². The molecule has 130 valence electrons. The molecule has 1 aliphatic heterocycles. The third kappa shape index (κ3) is 4.81. The maximum atomic E-state index is 12.3. The van der Waals surface area contributed by atoms with E-state index in [0.29, 0.717) is 30.4 Å². The second-order valence-corrected chi connectivity index (χ2v) is 6.33. The van der Waals surface area contributed by atoms with E-state index in [4.69, 9.17) is 16.3 Å². The first kappa shape index (κ1) is 17.5. The quantitative estimate of drug-likeness (QED) is 0.834. The number of ether oxygens (including phenoxy) is 1. The van der Waals surface area contributed by atoms with E-state index in [0.717, 1.165) is 5.56 Å². The zero-order chi connectivity index (χ0) is 17.6. The largest absolute Gasteiger partial charge is 0.463 e. The first-order valence-electron chi connectivity index (χ1n) is 8.12. The molecular formula is C19H19ClN2O3. The van der Waals surface area contributed by atoms with Gasteiger partial charge in [0.2, 0.25) is 5.91 Å². The number of nitrogens with one attached hydrogen (secondary N) is 1. The number of cyclic esters (lactones) is 1. The predicted molar refractivity (Wildman–Crippen MR) is 96.3 cm³/mol. The van der Waals surface area contributed by atoms with Gasteiger partial charge in [0.05, 0.1) is 6.42 Å². The lowest BCUT2D eigenvalue weighted by atomic mass is 10.1. The fraction of sp³-hybridized carbons (Fsp3) is 0.263. The number of carbonyl (C=O) groups excluding carboxylic acids is 2. The minimum atomic E-state index is -0.582. The summed E-state index contributed by atoms with van der Waals surface area (Å²) in [5.41, 5.74) is 1.74. The lowest BCUT2D eigenvalue weighted by Crippen LogP contribution is -2.49. The van der Waals surface area contributed by atoms with E-state index in [2.05, 4.69) is 5.32 Å². The Morgan fingerprint density at radius 3 is 2.60 bits per heavy atom. The molecule has 0 spiro atoms. The average Bonchev–Trinajstić information content (AvgIpc) is 2.61. The highest BCUT2D eigenvalue weighted by Crippen LogP contribution is 2.18. The molecule has 0 radical (unpaired) electrons. The van der Waals surface area contributed by atoms with Crippen LogP contribution in [0.2, 0.25) is 5.02 Å². The van der Waals surface area contributed by atoms with Gasteiger partial charge in [0.1, 0.15) is 12.6 Å². The summed E-state index contributed by atoms with van der Waals surface area (Å²) in [6, 6.07) is 16.1. The van der Waals surface area contributed by atoms with Gasteiger partial charge >= 0.3 is 5.97 Å². The number of halogens is 1. The molecular weight excluding hydrogens is 340 g/mol. The van der Waals surface area contributed by atoms with Gasteiger partial charge in [0.25, 0.3) is 0 Å². The second-order valence-electron chi connectivity index (χ2n) is 5.90. The minimum absolute atomic E-state index is 0.0499. The predicted octanol–water partition coefficient (Wildman–Crippen LogP) is 3.10. The lowest BCUT2D eigenvalue weighted by Gasteiger charge is -2.33. The van der Waals surface area contributed by atoms with Crippen molar-refractivity contribution in [2.75, 3.05) is 18.5 Å². The fourth-order valence-electron chi connectivity index (χ4n) is 2.81. The molecule has 1 fully saturated rings. The number of benzene rings is 2. The number of esters is 1. The standard InChI is InChI=1S/C19H19ClN2O3/c20-15-6-8-16(9-7-15)21-18(23)12-17-19(24)25-11-10-22(17)13-14-4-2-1-3-5-14/h1-9,17H,10-13H2,(H,21,23). The van der Waals surface area contributed by atoms with Gasteiger partial charge in [-0.3, -0.25) is 14.5 Å². The molecule has 1 amide bonds. The first-order valence-corrected chi connectivity index (χ1v) is 8.49. The number of morpholine rings is 1. The van der Waals surface area contributed by atoms with Crippen molar-refractivity contribution >= 4 is 29.2 Å². The summed E-state index contributed by atoms with van der Waals surface area (Å²) in [5, 5.41) is 3.39. The molecule has 6 heteroatoms. The number of anilines is 1. The van der Waals surface area contributed by atoms with Gasteiger partial charge in [-0.15, -0.1) is 0 Å². The van der Waals surface area contributed by atoms with Crippen LogP contribution in [-0.4, -0.2) is 36.0 Å². The summed E-state index contributed by atoms with van der Waals surface area (Å²) in [6.07, 6.45) is 0.0499. The van der Waals surface area contributed by atoms with Gasteiger partial charge in [0, 0.05) is 23.8 Å². The molecule has 3 rings (SSSR count). The smallest absolute Gasteiger partial charge is 0.323 e. The normalized spacial score (nSPS) is 17.8. The lowest BCUT2D eigenvalue weighted by molar-refractivity contribution is -0.159. The van der Waals surface area contributed by atoms with Crippen LogP contribution in [-0.2, 0) is 20.9 Å². The van der Waals surface area contributed by atoms with Crippen LogP contribution in [0.3, 0.4) is 0 Å². The van der Waals surface area contributed by atoms with E-state index < -0.39 is 6.04 Å². The van der Waals surface area contributed by atoms with E-state index in [9.17, 15) is 9.59 Å². The molecule has 0 aliphatic carbocycles. The van der Waals surface area contributed by atoms with E-state index in [1.807, 2.05) is 35.2 Å². The minimum Gasteiger partial charge on any atom is -0.463 e. The molecule has 1 saturated heterocycles. The Morgan fingerprint density at radius 2 is 1.88 bits per heavy atom. The van der Waals surface area contributed by atoms with Crippen molar-refractivity contribution in [1.29, 1.82) is 0 Å². The zero-order valence-corrected chi connectivity index (χ0v) is 14.4. The summed E-state index contributed by atoms with van der Waals surface area (Å²) in [7, 11) is 0. The third-order valence-electron chi connectivity index (χ3n) is 4.07. The number of hydrogen-bond donors (Lipinski definition) is 1. The van der Waals surface area contributed by atoms with Crippen LogP contribution in [0.25, 0.3) is 0 Å². The van der Waals surface area contributed by atoms with Crippen LogP contribution in [0.15, 0.2) is 54.6 Å². The van der Waals surface area contributed by atoms with Gasteiger partial charge in [-0.2, -0.15) is 0 Å². The highest BCUT2D eigenvalue weighted by atomic mass is 35.5. The Bertz CT molecular complexity index is 734. The highest BCUT2D eigenvalue weighted by molar-refractivity contribution is 6.30. The van der Waals surface area contributed by atoms with Crippen molar-refractivity contribution in [2.24, 2.45) is 0 Å². The summed E-state index contributed by atoms with van der Waals surface area (Å²) < 4.78 is 5.15. The van der Waals surface area contributed by atoms with Crippen LogP contribution in [0.4, 0.5) is 5.69 Å². The molecule has 0 bridgehead atoms. The van der Waals surface area contributed by atoms with Crippen LogP contribution in [0, 0.1) is 0 Å². The summed E-state index contributed by atoms with van der Waals surface area (Å²) >= 11 is 5.84. The van der Waals surface area contributed by atoms with Crippen LogP contribution >= 0.6 is 11.6 Å². The SMILES string of the molecule is O=C(CC1C(=O)OCCN1Cc1ccccc1)Nc1ccc(Cl)cc1. The van der Waals surface area contributed by atoms with Gasteiger partial charge in [-0.05, 0) is 29.8 Å². The van der Waals surface area contributed by atoms with Crippen molar-refractivity contribution in [2.45, 2.75) is 19.0 Å². The molecule has 5 nitrogen and oxygen atoms in total. The average molecular weight is 359 g/mol. The van der Waals surface area contributed by atoms with E-state index in [1.165, 1.54) is 0 Å². The van der Waals surface area contributed by atoms with Crippen LogP contribution < -0.4 is 5.32 Å². The monoisotopic (exact) mass is 358 g/mol. The van der Waals surface area contributed by atoms with Crippen LogP contribution in [0.5, 0.6) is 0 Å². The van der Waals surface area contributed by atoms with E-state index >= 15 is 0 Å². The van der Waals surface area contributed by atoms with Gasteiger partial charge < -0.3 is 10.1 Å². The summed E-state index contributed by atoms with van der Waals surface area (Å²) in [4.78, 5) is 26.5. The molecule has 0 aromatic heterocycles. The van der Waals surface area contributed by atoms with Crippen LogP contribution in [0.1, 0.15) is 12.0 Å². The molecule has 0 saturated carbocycles. The van der Waals surface area contributed by atoms with Crippen molar-refractivity contribution in [3.8, 4) is 0 Å². The molecule has 1 heterocycles. The van der Waals surface area contributed by atoms with Gasteiger partial charge in [-0.1, -0.05) is 41.9 Å². The molecule has 1 atom stereocenters.